The fourth-order valence-electron chi connectivity index (χ4n) is 2.92. The first-order chi connectivity index (χ1) is 10.2. The zero-order valence-electron chi connectivity index (χ0n) is 12.4. The van der Waals surface area contributed by atoms with E-state index in [9.17, 15) is 4.79 Å². The zero-order valence-corrected chi connectivity index (χ0v) is 12.4. The molecule has 0 amide bonds. The number of carbonyl (C=O) groups is 1. The Labute approximate surface area is 124 Å². The Morgan fingerprint density at radius 3 is 2.67 bits per heavy atom. The van der Waals surface area contributed by atoms with Crippen LogP contribution >= 0.6 is 0 Å². The topological polar surface area (TPSA) is 55.3 Å². The third-order valence-electron chi connectivity index (χ3n) is 3.97. The van der Waals surface area contributed by atoms with Gasteiger partial charge in [-0.25, -0.2) is 14.8 Å². The first-order valence-electron chi connectivity index (χ1n) is 7.28. The molecule has 110 valence electrons. The van der Waals surface area contributed by atoms with Crippen LogP contribution in [-0.2, 0) is 9.53 Å². The second-order valence-corrected chi connectivity index (χ2v) is 5.35. The maximum Gasteiger partial charge on any atom is 0.328 e. The van der Waals surface area contributed by atoms with Crippen molar-refractivity contribution in [3.05, 3.63) is 30.0 Å². The summed E-state index contributed by atoms with van der Waals surface area (Å²) in [5, 5.41) is 0. The number of aromatic nitrogens is 2. The average Bonchev–Trinajstić information content (AvgIpc) is 2.53. The smallest absolute Gasteiger partial charge is 0.328 e. The number of piperidine rings is 1. The number of ether oxygens (including phenoxy) is 1. The fraction of sp³-hybridized carbons (Fsp3) is 0.438. The number of nitrogens with zero attached hydrogens (tertiary/aromatic N) is 3. The van der Waals surface area contributed by atoms with Gasteiger partial charge in [0.15, 0.2) is 5.82 Å². The standard InChI is InChI=1S/C16H19N3O2/c1-11-15(18-13-8-4-3-7-12(13)17-11)19-10-6-5-9-14(19)16(20)21-2/h3-4,7-8,14H,5-6,9-10H2,1-2H3. The summed E-state index contributed by atoms with van der Waals surface area (Å²) < 4.78 is 4.94. The highest BCUT2D eigenvalue weighted by Gasteiger charge is 2.31. The molecule has 0 aliphatic carbocycles. The van der Waals surface area contributed by atoms with Crippen LogP contribution in [0.5, 0.6) is 0 Å². The molecule has 5 heteroatoms. The van der Waals surface area contributed by atoms with E-state index < -0.39 is 0 Å². The SMILES string of the molecule is COC(=O)C1CCCCN1c1nc2ccccc2nc1C. The molecule has 0 bridgehead atoms. The number of rotatable bonds is 2. The lowest BCUT2D eigenvalue weighted by Gasteiger charge is -2.35. The highest BCUT2D eigenvalue weighted by molar-refractivity contribution is 5.82. The molecule has 0 saturated carbocycles. The van der Waals surface area contributed by atoms with Crippen molar-refractivity contribution in [2.24, 2.45) is 0 Å². The summed E-state index contributed by atoms with van der Waals surface area (Å²) in [7, 11) is 1.44. The fourth-order valence-corrected chi connectivity index (χ4v) is 2.92. The molecule has 1 saturated heterocycles. The summed E-state index contributed by atoms with van der Waals surface area (Å²) in [5.41, 5.74) is 2.59. The monoisotopic (exact) mass is 285 g/mol. The normalized spacial score (nSPS) is 18.8. The summed E-state index contributed by atoms with van der Waals surface area (Å²) in [6, 6.07) is 7.55. The van der Waals surface area contributed by atoms with Gasteiger partial charge in [0.1, 0.15) is 6.04 Å². The number of esters is 1. The number of carbonyl (C=O) groups excluding carboxylic acids is 1. The van der Waals surface area contributed by atoms with Crippen LogP contribution in [0.3, 0.4) is 0 Å². The quantitative estimate of drug-likeness (QED) is 0.793. The number of aryl methyl sites for hydroxylation is 1. The number of hydrogen-bond donors (Lipinski definition) is 0. The van der Waals surface area contributed by atoms with Crippen molar-refractivity contribution in [1.29, 1.82) is 0 Å². The number of anilines is 1. The molecule has 5 nitrogen and oxygen atoms in total. The molecular formula is C16H19N3O2. The van der Waals surface area contributed by atoms with Crippen LogP contribution in [-0.4, -0.2) is 35.6 Å². The molecule has 1 aromatic carbocycles. The van der Waals surface area contributed by atoms with Gasteiger partial charge in [0.2, 0.25) is 0 Å². The van der Waals surface area contributed by atoms with Crippen LogP contribution in [0, 0.1) is 6.92 Å². The predicted molar refractivity (Wildman–Crippen MR) is 81.3 cm³/mol. The van der Waals surface area contributed by atoms with Crippen molar-refractivity contribution < 1.29 is 9.53 Å². The molecule has 0 radical (unpaired) electrons. The van der Waals surface area contributed by atoms with Gasteiger partial charge in [-0.2, -0.15) is 0 Å². The lowest BCUT2D eigenvalue weighted by Crippen LogP contribution is -2.46. The lowest BCUT2D eigenvalue weighted by atomic mass is 10.0. The number of fused-ring (bicyclic) bond motifs is 1. The third kappa shape index (κ3) is 2.55. The van der Waals surface area contributed by atoms with E-state index in [-0.39, 0.29) is 12.0 Å². The maximum absolute atomic E-state index is 12.0. The molecule has 1 fully saturated rings. The predicted octanol–water partition coefficient (Wildman–Crippen LogP) is 2.47. The van der Waals surface area contributed by atoms with E-state index >= 15 is 0 Å². The van der Waals surface area contributed by atoms with Gasteiger partial charge in [0.05, 0.1) is 23.8 Å². The van der Waals surface area contributed by atoms with Crippen LogP contribution in [0.2, 0.25) is 0 Å². The van der Waals surface area contributed by atoms with E-state index in [2.05, 4.69) is 4.98 Å². The van der Waals surface area contributed by atoms with Crippen LogP contribution < -0.4 is 4.90 Å². The second kappa shape index (κ2) is 5.68. The molecule has 1 unspecified atom stereocenters. The number of methoxy groups -OCH3 is 1. The highest BCUT2D eigenvalue weighted by Crippen LogP contribution is 2.27. The van der Waals surface area contributed by atoms with Gasteiger partial charge in [-0.3, -0.25) is 0 Å². The Bertz CT molecular complexity index is 672. The summed E-state index contributed by atoms with van der Waals surface area (Å²) >= 11 is 0. The minimum absolute atomic E-state index is 0.191. The summed E-state index contributed by atoms with van der Waals surface area (Å²) in [6.07, 6.45) is 2.90. The molecule has 0 N–H and O–H groups in total. The van der Waals surface area contributed by atoms with Gasteiger partial charge in [-0.15, -0.1) is 0 Å². The van der Waals surface area contributed by atoms with Crippen LogP contribution in [0.15, 0.2) is 24.3 Å². The Morgan fingerprint density at radius 2 is 1.95 bits per heavy atom. The van der Waals surface area contributed by atoms with Crippen molar-refractivity contribution in [2.75, 3.05) is 18.6 Å². The molecule has 1 aromatic heterocycles. The average molecular weight is 285 g/mol. The maximum atomic E-state index is 12.0. The minimum atomic E-state index is -0.252. The van der Waals surface area contributed by atoms with Gasteiger partial charge in [-0.1, -0.05) is 12.1 Å². The van der Waals surface area contributed by atoms with Crippen LogP contribution in [0.25, 0.3) is 11.0 Å². The van der Waals surface area contributed by atoms with Crippen LogP contribution in [0.1, 0.15) is 25.0 Å². The Morgan fingerprint density at radius 1 is 1.24 bits per heavy atom. The first-order valence-corrected chi connectivity index (χ1v) is 7.28. The van der Waals surface area contributed by atoms with E-state index in [1.165, 1.54) is 7.11 Å². The molecular weight excluding hydrogens is 266 g/mol. The summed E-state index contributed by atoms with van der Waals surface area (Å²) in [5.74, 6) is 0.604. The van der Waals surface area contributed by atoms with E-state index in [1.54, 1.807) is 0 Å². The number of benzene rings is 1. The van der Waals surface area contributed by atoms with Gasteiger partial charge in [-0.05, 0) is 38.3 Å². The van der Waals surface area contributed by atoms with Gasteiger partial charge < -0.3 is 9.64 Å². The molecule has 3 rings (SSSR count). The Balaban J connectivity index is 2.04. The van der Waals surface area contributed by atoms with Crippen LogP contribution in [0.4, 0.5) is 5.82 Å². The third-order valence-corrected chi connectivity index (χ3v) is 3.97. The molecule has 2 aromatic rings. The van der Waals surface area contributed by atoms with Crippen molar-refractivity contribution in [3.8, 4) is 0 Å². The molecule has 21 heavy (non-hydrogen) atoms. The van der Waals surface area contributed by atoms with Crippen molar-refractivity contribution in [2.45, 2.75) is 32.2 Å². The van der Waals surface area contributed by atoms with E-state index in [0.717, 1.165) is 48.4 Å². The van der Waals surface area contributed by atoms with Gasteiger partial charge in [0, 0.05) is 6.54 Å². The molecule has 1 aliphatic rings. The van der Waals surface area contributed by atoms with E-state index in [1.807, 2.05) is 36.1 Å². The van der Waals surface area contributed by atoms with Crippen molar-refractivity contribution >= 4 is 22.8 Å². The molecule has 1 aliphatic heterocycles. The Hall–Kier alpha value is -2.17. The largest absolute Gasteiger partial charge is 0.467 e. The van der Waals surface area contributed by atoms with E-state index in [0.29, 0.717) is 0 Å². The Kier molecular flexibility index (Phi) is 3.73. The highest BCUT2D eigenvalue weighted by atomic mass is 16.5. The zero-order chi connectivity index (χ0) is 14.8. The number of para-hydroxylation sites is 2. The second-order valence-electron chi connectivity index (χ2n) is 5.35. The van der Waals surface area contributed by atoms with Gasteiger partial charge in [0.25, 0.3) is 0 Å². The molecule has 2 heterocycles. The van der Waals surface area contributed by atoms with Crippen molar-refractivity contribution in [1.82, 2.24) is 9.97 Å². The molecule has 0 spiro atoms. The first kappa shape index (κ1) is 13.8. The van der Waals surface area contributed by atoms with Gasteiger partial charge >= 0.3 is 5.97 Å². The number of hydrogen-bond acceptors (Lipinski definition) is 5. The minimum Gasteiger partial charge on any atom is -0.467 e. The van der Waals surface area contributed by atoms with Crippen molar-refractivity contribution in [3.63, 3.8) is 0 Å². The van der Waals surface area contributed by atoms with E-state index in [4.69, 9.17) is 9.72 Å². The summed E-state index contributed by atoms with van der Waals surface area (Å²) in [6.45, 7) is 2.76. The summed E-state index contributed by atoms with van der Waals surface area (Å²) in [4.78, 5) is 23.4. The lowest BCUT2D eigenvalue weighted by molar-refractivity contribution is -0.142. The molecule has 1 atom stereocenters.